The molecule has 0 spiro atoms. The van der Waals surface area contributed by atoms with Crippen molar-refractivity contribution in [3.8, 4) is 0 Å². The van der Waals surface area contributed by atoms with Crippen LogP contribution in [0.15, 0.2) is 22.5 Å². The zero-order valence-electron chi connectivity index (χ0n) is 13.1. The Morgan fingerprint density at radius 3 is 2.76 bits per heavy atom. The van der Waals surface area contributed by atoms with Gasteiger partial charge in [-0.05, 0) is 31.2 Å². The Bertz CT molecular complexity index is 400. The van der Waals surface area contributed by atoms with Crippen LogP contribution in [0.25, 0.3) is 0 Å². The molecule has 3 nitrogen and oxygen atoms in total. The third-order valence-electron chi connectivity index (χ3n) is 3.84. The number of thiophene rings is 1. The molecule has 1 saturated carbocycles. The molecular formula is C16H28IN3S. The molecule has 0 saturated heterocycles. The van der Waals surface area contributed by atoms with Crippen LogP contribution in [0.2, 0.25) is 0 Å². The van der Waals surface area contributed by atoms with Crippen LogP contribution in [0.3, 0.4) is 0 Å². The Labute approximate surface area is 150 Å². The van der Waals surface area contributed by atoms with Crippen molar-refractivity contribution in [3.63, 3.8) is 0 Å². The van der Waals surface area contributed by atoms with E-state index in [0.29, 0.717) is 12.0 Å². The van der Waals surface area contributed by atoms with Crippen LogP contribution in [0.1, 0.15) is 56.7 Å². The van der Waals surface area contributed by atoms with Crippen molar-refractivity contribution in [1.82, 2.24) is 10.6 Å². The Kier molecular flexibility index (Phi) is 9.31. The van der Waals surface area contributed by atoms with Crippen molar-refractivity contribution in [2.75, 3.05) is 13.1 Å². The van der Waals surface area contributed by atoms with E-state index in [9.17, 15) is 0 Å². The van der Waals surface area contributed by atoms with Crippen molar-refractivity contribution in [2.45, 2.75) is 57.9 Å². The van der Waals surface area contributed by atoms with Crippen molar-refractivity contribution < 1.29 is 0 Å². The lowest BCUT2D eigenvalue weighted by atomic mass is 9.96. The summed E-state index contributed by atoms with van der Waals surface area (Å²) >= 11 is 1.82. The first-order valence-corrected chi connectivity index (χ1v) is 8.75. The molecule has 1 aliphatic rings. The number of halogens is 1. The van der Waals surface area contributed by atoms with Crippen LogP contribution in [0, 0.1) is 0 Å². The Balaban J connectivity index is 0.00000220. The number of hydrogen-bond donors (Lipinski definition) is 2. The summed E-state index contributed by atoms with van der Waals surface area (Å²) in [7, 11) is 0. The van der Waals surface area contributed by atoms with Crippen molar-refractivity contribution in [2.24, 2.45) is 4.99 Å². The minimum Gasteiger partial charge on any atom is -0.357 e. The summed E-state index contributed by atoms with van der Waals surface area (Å²) in [6.45, 7) is 6.15. The topological polar surface area (TPSA) is 36.4 Å². The second kappa shape index (κ2) is 10.4. The van der Waals surface area contributed by atoms with Crippen LogP contribution in [-0.2, 0) is 0 Å². The number of guanidine groups is 1. The monoisotopic (exact) mass is 421 g/mol. The fourth-order valence-electron chi connectivity index (χ4n) is 2.65. The van der Waals surface area contributed by atoms with Gasteiger partial charge in [-0.1, -0.05) is 32.3 Å². The second-order valence-corrected chi connectivity index (χ2v) is 6.59. The van der Waals surface area contributed by atoms with Crippen LogP contribution in [-0.4, -0.2) is 25.1 Å². The minimum absolute atomic E-state index is 0. The fraction of sp³-hybridized carbons (Fsp3) is 0.688. The zero-order valence-corrected chi connectivity index (χ0v) is 16.2. The van der Waals surface area contributed by atoms with Gasteiger partial charge in [-0.25, -0.2) is 0 Å². The summed E-state index contributed by atoms with van der Waals surface area (Å²) < 4.78 is 0. The van der Waals surface area contributed by atoms with E-state index in [2.05, 4.69) is 42.0 Å². The van der Waals surface area contributed by atoms with Gasteiger partial charge in [0.15, 0.2) is 5.96 Å². The molecule has 1 aromatic rings. The van der Waals surface area contributed by atoms with Crippen molar-refractivity contribution in [3.05, 3.63) is 22.4 Å². The molecule has 1 aromatic heterocycles. The van der Waals surface area contributed by atoms with Crippen LogP contribution >= 0.6 is 35.3 Å². The average Bonchev–Trinajstić information content (AvgIpc) is 3.00. The van der Waals surface area contributed by atoms with Crippen LogP contribution in [0.4, 0.5) is 0 Å². The predicted molar refractivity (Wildman–Crippen MR) is 104 cm³/mol. The maximum atomic E-state index is 4.76. The molecule has 0 aliphatic heterocycles. The van der Waals surface area contributed by atoms with E-state index in [0.717, 1.165) is 19.0 Å². The van der Waals surface area contributed by atoms with E-state index in [-0.39, 0.29) is 24.0 Å². The maximum Gasteiger partial charge on any atom is 0.191 e. The maximum absolute atomic E-state index is 4.76. The van der Waals surface area contributed by atoms with Crippen LogP contribution in [0.5, 0.6) is 0 Å². The highest BCUT2D eigenvalue weighted by Gasteiger charge is 2.14. The van der Waals surface area contributed by atoms with Gasteiger partial charge in [0.2, 0.25) is 0 Å². The molecule has 0 radical (unpaired) electrons. The summed E-state index contributed by atoms with van der Waals surface area (Å²) in [6.07, 6.45) is 6.66. The summed E-state index contributed by atoms with van der Waals surface area (Å²) in [5.74, 6) is 1.49. The number of aliphatic imine (C=N–C) groups is 1. The van der Waals surface area contributed by atoms with E-state index in [1.807, 2.05) is 11.3 Å². The second-order valence-electron chi connectivity index (χ2n) is 5.62. The molecule has 1 unspecified atom stereocenters. The van der Waals surface area contributed by atoms with Crippen LogP contribution < -0.4 is 10.6 Å². The fourth-order valence-corrected chi connectivity index (χ4v) is 3.43. The van der Waals surface area contributed by atoms with E-state index in [1.165, 1.54) is 37.0 Å². The smallest absolute Gasteiger partial charge is 0.191 e. The predicted octanol–water partition coefficient (Wildman–Crippen LogP) is 4.36. The Hall–Kier alpha value is -0.300. The Morgan fingerprint density at radius 1 is 1.38 bits per heavy atom. The van der Waals surface area contributed by atoms with Gasteiger partial charge in [-0.15, -0.1) is 35.3 Å². The summed E-state index contributed by atoms with van der Waals surface area (Å²) in [4.78, 5) is 6.18. The minimum atomic E-state index is 0. The summed E-state index contributed by atoms with van der Waals surface area (Å²) in [6, 6.07) is 4.93. The van der Waals surface area contributed by atoms with Gasteiger partial charge >= 0.3 is 0 Å². The standard InChI is InChI=1S/C16H27N3S.HI/c1-3-17-16(19-14-8-5-4-6-9-14)18-12-13(2)15-10-7-11-20-15;/h7,10-11,13-14H,3-6,8-9,12H2,1-2H3,(H2,17,18,19);1H. The number of hydrogen-bond acceptors (Lipinski definition) is 2. The summed E-state index contributed by atoms with van der Waals surface area (Å²) in [5.41, 5.74) is 0. The van der Waals surface area contributed by atoms with E-state index >= 15 is 0 Å². The largest absolute Gasteiger partial charge is 0.357 e. The van der Waals surface area contributed by atoms with Gasteiger partial charge in [0.25, 0.3) is 0 Å². The molecule has 5 heteroatoms. The van der Waals surface area contributed by atoms with E-state index < -0.39 is 0 Å². The quantitative estimate of drug-likeness (QED) is 0.421. The molecule has 2 N–H and O–H groups in total. The lowest BCUT2D eigenvalue weighted by molar-refractivity contribution is 0.410. The van der Waals surface area contributed by atoms with E-state index in [4.69, 9.17) is 4.99 Å². The SMILES string of the molecule is CCNC(=NCC(C)c1cccs1)NC1CCCCC1.I. The lowest BCUT2D eigenvalue weighted by Crippen LogP contribution is -2.44. The Morgan fingerprint density at radius 2 is 2.14 bits per heavy atom. The zero-order chi connectivity index (χ0) is 14.2. The molecule has 21 heavy (non-hydrogen) atoms. The van der Waals surface area contributed by atoms with Gasteiger partial charge in [0, 0.05) is 23.4 Å². The molecule has 120 valence electrons. The van der Waals surface area contributed by atoms with Gasteiger partial charge in [0.05, 0.1) is 6.54 Å². The first-order chi connectivity index (χ1) is 9.79. The van der Waals surface area contributed by atoms with Gasteiger partial charge in [0.1, 0.15) is 0 Å². The lowest BCUT2D eigenvalue weighted by Gasteiger charge is -2.25. The van der Waals surface area contributed by atoms with E-state index in [1.54, 1.807) is 0 Å². The summed E-state index contributed by atoms with van der Waals surface area (Å²) in [5, 5.41) is 9.11. The van der Waals surface area contributed by atoms with Crippen molar-refractivity contribution in [1.29, 1.82) is 0 Å². The number of nitrogens with one attached hydrogen (secondary N) is 2. The third kappa shape index (κ3) is 6.55. The highest BCUT2D eigenvalue weighted by atomic mass is 127. The molecule has 1 heterocycles. The molecule has 1 aliphatic carbocycles. The average molecular weight is 421 g/mol. The first kappa shape index (κ1) is 18.7. The molecule has 1 atom stereocenters. The number of rotatable bonds is 5. The molecular weight excluding hydrogens is 393 g/mol. The first-order valence-electron chi connectivity index (χ1n) is 7.88. The van der Waals surface area contributed by atoms with Crippen molar-refractivity contribution >= 4 is 41.3 Å². The highest BCUT2D eigenvalue weighted by Crippen LogP contribution is 2.21. The molecule has 1 fully saturated rings. The third-order valence-corrected chi connectivity index (χ3v) is 4.95. The highest BCUT2D eigenvalue weighted by molar-refractivity contribution is 14.0. The van der Waals surface area contributed by atoms with Gasteiger partial charge < -0.3 is 10.6 Å². The number of nitrogens with zero attached hydrogens (tertiary/aromatic N) is 1. The molecule has 2 rings (SSSR count). The molecule has 0 bridgehead atoms. The van der Waals surface area contributed by atoms with Gasteiger partial charge in [-0.2, -0.15) is 0 Å². The molecule has 0 amide bonds. The normalized spacial score (nSPS) is 17.9. The molecule has 0 aromatic carbocycles. The van der Waals surface area contributed by atoms with Gasteiger partial charge in [-0.3, -0.25) is 4.99 Å².